The largest absolute Gasteiger partial charge is 0.207 e. The molecule has 0 aromatic heterocycles. The van der Waals surface area contributed by atoms with Gasteiger partial charge in [0.2, 0.25) is 0 Å². The van der Waals surface area contributed by atoms with E-state index in [1.54, 1.807) is 13.3 Å². The van der Waals surface area contributed by atoms with Crippen LogP contribution in [0.4, 0.5) is 8.78 Å². The van der Waals surface area contributed by atoms with Crippen LogP contribution >= 0.6 is 0 Å². The Morgan fingerprint density at radius 3 is 2.00 bits per heavy atom. The second-order valence-electron chi connectivity index (χ2n) is 5.11. The summed E-state index contributed by atoms with van der Waals surface area (Å²) in [6.45, 7) is 8.21. The van der Waals surface area contributed by atoms with Crippen molar-refractivity contribution in [2.24, 2.45) is 0 Å². The van der Waals surface area contributed by atoms with E-state index >= 15 is 0 Å². The van der Waals surface area contributed by atoms with E-state index in [0.717, 1.165) is 6.04 Å². The topological polar surface area (TPSA) is 0 Å². The zero-order chi connectivity index (χ0) is 11.6. The molecule has 0 aliphatic carbocycles. The first-order chi connectivity index (χ1) is 6.79. The Labute approximate surface area is 91.3 Å². The average Bonchev–Trinajstić information content (AvgIpc) is 1.99. The second-order valence-corrected chi connectivity index (χ2v) is 10.6. The molecule has 3 heteroatoms. The Morgan fingerprint density at radius 2 is 1.60 bits per heavy atom. The second kappa shape index (κ2) is 4.43. The molecule has 0 bridgehead atoms. The molecule has 1 rings (SSSR count). The Hall–Kier alpha value is -0.703. The molecule has 1 aromatic carbocycles. The molecule has 0 unspecified atom stereocenters. The first kappa shape index (κ1) is 12.4. The lowest BCUT2D eigenvalue weighted by atomic mass is 10.1. The molecule has 0 aliphatic rings. The number of hydrogen-bond acceptors (Lipinski definition) is 0. The summed E-state index contributed by atoms with van der Waals surface area (Å²) in [6, 6.07) is 3.54. The van der Waals surface area contributed by atoms with Crippen molar-refractivity contribution in [3.8, 4) is 0 Å². The highest BCUT2D eigenvalue weighted by molar-refractivity contribution is 6.76. The van der Waals surface area contributed by atoms with Crippen molar-refractivity contribution in [1.29, 1.82) is 0 Å². The van der Waals surface area contributed by atoms with Crippen molar-refractivity contribution in [3.05, 3.63) is 41.3 Å². The number of rotatable bonds is 3. The van der Waals surface area contributed by atoms with E-state index in [4.69, 9.17) is 0 Å². The van der Waals surface area contributed by atoms with Gasteiger partial charge < -0.3 is 0 Å². The van der Waals surface area contributed by atoms with E-state index in [1.165, 1.54) is 12.1 Å². The molecule has 1 radical (unpaired) electrons. The Kier molecular flexibility index (Phi) is 3.65. The molecular weight excluding hydrogens is 210 g/mol. The van der Waals surface area contributed by atoms with Crippen LogP contribution in [0.2, 0.25) is 25.7 Å². The van der Waals surface area contributed by atoms with Gasteiger partial charge in [-0.25, -0.2) is 8.78 Å². The lowest BCUT2D eigenvalue weighted by Crippen LogP contribution is -2.19. The Morgan fingerprint density at radius 1 is 1.13 bits per heavy atom. The molecule has 0 heterocycles. The maximum absolute atomic E-state index is 13.4. The van der Waals surface area contributed by atoms with Crippen LogP contribution in [0.15, 0.2) is 12.1 Å². The molecule has 0 spiro atoms. The molecule has 0 aliphatic heterocycles. The van der Waals surface area contributed by atoms with E-state index in [1.807, 2.05) is 0 Å². The monoisotopic (exact) mass is 227 g/mol. The minimum absolute atomic E-state index is 0.128. The third-order valence-corrected chi connectivity index (χ3v) is 3.57. The standard InChI is InChI=1S/C12H17F2Si/c1-9-7-11(13)10(12(14)8-9)5-6-15(2,3)4/h5,7-8H,6H2,1-4H3. The lowest BCUT2D eigenvalue weighted by Gasteiger charge is -2.15. The van der Waals surface area contributed by atoms with Crippen molar-refractivity contribution in [3.63, 3.8) is 0 Å². The Bertz CT molecular complexity index is 330. The molecule has 0 saturated carbocycles. The van der Waals surface area contributed by atoms with Crippen molar-refractivity contribution in [1.82, 2.24) is 0 Å². The number of aryl methyl sites for hydroxylation is 1. The van der Waals surface area contributed by atoms with Gasteiger partial charge in [-0.05, 0) is 37.1 Å². The molecule has 0 nitrogen and oxygen atoms in total. The summed E-state index contributed by atoms with van der Waals surface area (Å²) in [5.41, 5.74) is 0.748. The molecule has 0 saturated heterocycles. The van der Waals surface area contributed by atoms with Crippen molar-refractivity contribution in [2.45, 2.75) is 32.6 Å². The van der Waals surface area contributed by atoms with E-state index in [0.29, 0.717) is 5.56 Å². The van der Waals surface area contributed by atoms with E-state index < -0.39 is 19.7 Å². The molecule has 15 heavy (non-hydrogen) atoms. The zero-order valence-electron chi connectivity index (χ0n) is 9.70. The molecule has 0 N–H and O–H groups in total. The summed E-state index contributed by atoms with van der Waals surface area (Å²) in [5, 5.41) is 0. The highest BCUT2D eigenvalue weighted by atomic mass is 28.3. The van der Waals surface area contributed by atoms with Crippen molar-refractivity contribution in [2.75, 3.05) is 0 Å². The summed E-state index contributed by atoms with van der Waals surface area (Å²) >= 11 is 0. The molecular formula is C12H17F2Si. The first-order valence-electron chi connectivity index (χ1n) is 5.08. The summed E-state index contributed by atoms with van der Waals surface area (Å²) in [5.74, 6) is -0.906. The highest BCUT2D eigenvalue weighted by Gasteiger charge is 2.17. The zero-order valence-corrected chi connectivity index (χ0v) is 10.7. The van der Waals surface area contributed by atoms with Crippen LogP contribution in [0.3, 0.4) is 0 Å². The number of hydrogen-bond donors (Lipinski definition) is 0. The third kappa shape index (κ3) is 3.74. The average molecular weight is 227 g/mol. The minimum atomic E-state index is -1.29. The number of halogens is 2. The van der Waals surface area contributed by atoms with Gasteiger partial charge in [0.1, 0.15) is 11.6 Å². The Balaban J connectivity index is 2.86. The van der Waals surface area contributed by atoms with Crippen LogP contribution in [0.25, 0.3) is 0 Å². The van der Waals surface area contributed by atoms with Crippen LogP contribution in [-0.4, -0.2) is 8.07 Å². The normalized spacial score (nSPS) is 11.9. The molecule has 0 amide bonds. The van der Waals surface area contributed by atoms with E-state index in [2.05, 4.69) is 19.6 Å². The molecule has 0 fully saturated rings. The van der Waals surface area contributed by atoms with Gasteiger partial charge in [-0.3, -0.25) is 0 Å². The predicted octanol–water partition coefficient (Wildman–Crippen LogP) is 4.16. The van der Waals surface area contributed by atoms with Gasteiger partial charge in [-0.2, -0.15) is 0 Å². The summed E-state index contributed by atoms with van der Waals surface area (Å²) in [4.78, 5) is 0. The van der Waals surface area contributed by atoms with Crippen LogP contribution in [0.1, 0.15) is 11.1 Å². The fourth-order valence-electron chi connectivity index (χ4n) is 1.31. The summed E-state index contributed by atoms with van der Waals surface area (Å²) in [6.07, 6.45) is 1.69. The maximum atomic E-state index is 13.4. The van der Waals surface area contributed by atoms with Gasteiger partial charge in [0.15, 0.2) is 0 Å². The fourth-order valence-corrected chi connectivity index (χ4v) is 2.13. The molecule has 1 aromatic rings. The van der Waals surface area contributed by atoms with Gasteiger partial charge in [0.25, 0.3) is 0 Å². The van der Waals surface area contributed by atoms with Crippen LogP contribution < -0.4 is 0 Å². The SMILES string of the molecule is Cc1cc(F)c([CH]C[Si](C)(C)C)c(F)c1. The van der Waals surface area contributed by atoms with Crippen LogP contribution in [-0.2, 0) is 0 Å². The van der Waals surface area contributed by atoms with Crippen molar-refractivity contribution >= 4 is 8.07 Å². The summed E-state index contributed by atoms with van der Waals surface area (Å²) < 4.78 is 26.9. The first-order valence-corrected chi connectivity index (χ1v) is 8.79. The lowest BCUT2D eigenvalue weighted by molar-refractivity contribution is 0.569. The van der Waals surface area contributed by atoms with Gasteiger partial charge in [-0.15, -0.1) is 0 Å². The van der Waals surface area contributed by atoms with Crippen molar-refractivity contribution < 1.29 is 8.78 Å². The van der Waals surface area contributed by atoms with Gasteiger partial charge in [0.05, 0.1) is 0 Å². The van der Waals surface area contributed by atoms with E-state index in [9.17, 15) is 8.78 Å². The number of benzene rings is 1. The predicted molar refractivity (Wildman–Crippen MR) is 62.7 cm³/mol. The smallest absolute Gasteiger partial charge is 0.129 e. The fraction of sp³-hybridized carbons (Fsp3) is 0.417. The summed E-state index contributed by atoms with van der Waals surface area (Å²) in [7, 11) is -1.29. The highest BCUT2D eigenvalue weighted by Crippen LogP contribution is 2.21. The van der Waals surface area contributed by atoms with Crippen LogP contribution in [0.5, 0.6) is 0 Å². The quantitative estimate of drug-likeness (QED) is 0.680. The van der Waals surface area contributed by atoms with E-state index in [-0.39, 0.29) is 5.56 Å². The molecule has 83 valence electrons. The van der Waals surface area contributed by atoms with Crippen LogP contribution in [0, 0.1) is 25.0 Å². The minimum Gasteiger partial charge on any atom is -0.207 e. The maximum Gasteiger partial charge on any atom is 0.129 e. The van der Waals surface area contributed by atoms with Gasteiger partial charge in [0, 0.05) is 13.6 Å². The van der Waals surface area contributed by atoms with Gasteiger partial charge >= 0.3 is 0 Å². The third-order valence-electron chi connectivity index (χ3n) is 2.14. The van der Waals surface area contributed by atoms with Gasteiger partial charge in [-0.1, -0.05) is 19.6 Å². The molecule has 0 atom stereocenters.